The molecule has 0 aliphatic heterocycles. The zero-order valence-electron chi connectivity index (χ0n) is 36.7. The molecule has 1 aliphatic rings. The maximum Gasteiger partial charge on any atom is 0.135 e. The number of benzene rings is 10. The van der Waals surface area contributed by atoms with Crippen LogP contribution in [0, 0.1) is 0 Å². The number of hydrogen-bond donors (Lipinski definition) is 0. The fraction of sp³-hybridized carbons (Fsp3) is 0.0476. The number of furan rings is 1. The van der Waals surface area contributed by atoms with Crippen LogP contribution in [0.2, 0.25) is 0 Å². The van der Waals surface area contributed by atoms with Crippen molar-refractivity contribution in [3.63, 3.8) is 0 Å². The van der Waals surface area contributed by atoms with Crippen LogP contribution in [0.4, 0.5) is 17.1 Å². The highest BCUT2D eigenvalue weighted by molar-refractivity contribution is 6.10. The number of aromatic nitrogens is 1. The molecule has 0 saturated heterocycles. The first-order valence-electron chi connectivity index (χ1n) is 22.8. The lowest BCUT2D eigenvalue weighted by Crippen LogP contribution is -2.16. The van der Waals surface area contributed by atoms with E-state index < -0.39 is 0 Å². The average Bonchev–Trinajstić information content (AvgIpc) is 4.00. The largest absolute Gasteiger partial charge is 0.456 e. The summed E-state index contributed by atoms with van der Waals surface area (Å²) in [5, 5.41) is 4.73. The Morgan fingerprint density at radius 3 is 1.67 bits per heavy atom. The van der Waals surface area contributed by atoms with E-state index in [2.05, 4.69) is 242 Å². The quantitative estimate of drug-likeness (QED) is 0.159. The van der Waals surface area contributed by atoms with Crippen molar-refractivity contribution in [3.8, 4) is 50.2 Å². The fourth-order valence-corrected chi connectivity index (χ4v) is 10.9. The van der Waals surface area contributed by atoms with Crippen molar-refractivity contribution in [1.29, 1.82) is 0 Å². The molecule has 13 rings (SSSR count). The van der Waals surface area contributed by atoms with E-state index in [0.717, 1.165) is 50.3 Å². The second-order valence-corrected chi connectivity index (χ2v) is 18.1. The third-order valence-corrected chi connectivity index (χ3v) is 14.0. The molecule has 0 N–H and O–H groups in total. The van der Waals surface area contributed by atoms with Gasteiger partial charge in [-0.3, -0.25) is 0 Å². The first kappa shape index (κ1) is 38.1. The third-order valence-electron chi connectivity index (χ3n) is 14.0. The lowest BCUT2D eigenvalue weighted by atomic mass is 9.79. The summed E-state index contributed by atoms with van der Waals surface area (Å²) in [5.74, 6) is 0. The van der Waals surface area contributed by atoms with Crippen LogP contribution in [0.25, 0.3) is 93.9 Å². The topological polar surface area (TPSA) is 21.3 Å². The molecule has 0 fully saturated rings. The van der Waals surface area contributed by atoms with Gasteiger partial charge in [-0.1, -0.05) is 172 Å². The molecule has 312 valence electrons. The number of fused-ring (bicyclic) bond motifs is 9. The van der Waals surface area contributed by atoms with E-state index in [1.54, 1.807) is 0 Å². The minimum Gasteiger partial charge on any atom is -0.456 e. The van der Waals surface area contributed by atoms with Gasteiger partial charge in [0, 0.05) is 49.6 Å². The summed E-state index contributed by atoms with van der Waals surface area (Å²) in [6.07, 6.45) is 0. The Morgan fingerprint density at radius 2 is 0.909 bits per heavy atom. The molecule has 3 nitrogen and oxygen atoms in total. The molecular weight excluding hydrogens is 801 g/mol. The predicted molar refractivity (Wildman–Crippen MR) is 277 cm³/mol. The SMILES string of the molecule is CC1(C)c2ccccc2-c2cccc(-c3ccc(N(c4ccc(-c5cccc(-c6ccccc6-n6c7ccccc7c7ccccc76)c5)cc4)c4ccc5oc6ccccc6c5c4)cc3)c21. The summed E-state index contributed by atoms with van der Waals surface area (Å²) < 4.78 is 8.71. The molecule has 2 aromatic heterocycles. The van der Waals surface area contributed by atoms with Crippen molar-refractivity contribution in [1.82, 2.24) is 4.57 Å². The van der Waals surface area contributed by atoms with Crippen molar-refractivity contribution in [2.45, 2.75) is 19.3 Å². The lowest BCUT2D eigenvalue weighted by molar-refractivity contribution is 0.662. The van der Waals surface area contributed by atoms with Gasteiger partial charge in [0.05, 0.1) is 16.7 Å². The Kier molecular flexibility index (Phi) is 8.56. The Morgan fingerprint density at radius 1 is 0.364 bits per heavy atom. The van der Waals surface area contributed by atoms with Crippen LogP contribution in [-0.4, -0.2) is 4.57 Å². The van der Waals surface area contributed by atoms with Crippen molar-refractivity contribution in [2.24, 2.45) is 0 Å². The summed E-state index contributed by atoms with van der Waals surface area (Å²) in [6.45, 7) is 4.72. The van der Waals surface area contributed by atoms with Crippen molar-refractivity contribution >= 4 is 60.8 Å². The van der Waals surface area contributed by atoms with Crippen LogP contribution < -0.4 is 4.90 Å². The van der Waals surface area contributed by atoms with Crippen LogP contribution in [0.3, 0.4) is 0 Å². The first-order chi connectivity index (χ1) is 32.5. The molecule has 1 aliphatic carbocycles. The summed E-state index contributed by atoms with van der Waals surface area (Å²) in [5.41, 5.74) is 21.1. The van der Waals surface area contributed by atoms with Gasteiger partial charge >= 0.3 is 0 Å². The average molecular weight is 845 g/mol. The zero-order valence-corrected chi connectivity index (χ0v) is 36.7. The van der Waals surface area contributed by atoms with Gasteiger partial charge in [-0.25, -0.2) is 0 Å². The van der Waals surface area contributed by atoms with E-state index >= 15 is 0 Å². The number of nitrogens with zero attached hydrogens (tertiary/aromatic N) is 2. The predicted octanol–water partition coefficient (Wildman–Crippen LogP) is 17.5. The van der Waals surface area contributed by atoms with Crippen molar-refractivity contribution in [2.75, 3.05) is 4.90 Å². The van der Waals surface area contributed by atoms with Gasteiger partial charge in [0.2, 0.25) is 0 Å². The number of hydrogen-bond acceptors (Lipinski definition) is 2. The zero-order chi connectivity index (χ0) is 43.9. The second-order valence-electron chi connectivity index (χ2n) is 18.1. The third kappa shape index (κ3) is 5.90. The van der Waals surface area contributed by atoms with Crippen molar-refractivity contribution in [3.05, 3.63) is 242 Å². The summed E-state index contributed by atoms with van der Waals surface area (Å²) >= 11 is 0. The molecule has 0 amide bonds. The molecule has 0 spiro atoms. The van der Waals surface area contributed by atoms with E-state index in [0.29, 0.717) is 0 Å². The van der Waals surface area contributed by atoms with Gasteiger partial charge in [-0.05, 0) is 123 Å². The molecule has 0 bridgehead atoms. The molecule has 12 aromatic rings. The van der Waals surface area contributed by atoms with Crippen LogP contribution in [0.5, 0.6) is 0 Å². The standard InChI is InChI=1S/C63H44N2O/c1-63(2)56-24-8-3-18-50(56)54-23-14-22-49(62(54)63)42-31-35-46(36-32-42)64(47-37-38-61-55(40-47)53-21-7-12-28-60(53)66-61)45-33-29-41(30-34-45)43-15-13-16-44(39-43)48-17-4-9-25-57(48)65-58-26-10-5-19-51(58)52-20-6-11-27-59(52)65/h3-40H,1-2H3. The maximum absolute atomic E-state index is 6.29. The van der Waals surface area contributed by atoms with Gasteiger partial charge in [0.25, 0.3) is 0 Å². The summed E-state index contributed by atoms with van der Waals surface area (Å²) in [7, 11) is 0. The highest BCUT2D eigenvalue weighted by Gasteiger charge is 2.37. The molecule has 0 unspecified atom stereocenters. The van der Waals surface area contributed by atoms with E-state index in [-0.39, 0.29) is 5.41 Å². The second kappa shape index (κ2) is 14.8. The Balaban J connectivity index is 0.893. The minimum atomic E-state index is -0.104. The van der Waals surface area contributed by atoms with Gasteiger partial charge in [0.15, 0.2) is 0 Å². The minimum absolute atomic E-state index is 0.104. The monoisotopic (exact) mass is 844 g/mol. The number of anilines is 3. The van der Waals surface area contributed by atoms with E-state index in [9.17, 15) is 0 Å². The fourth-order valence-electron chi connectivity index (χ4n) is 10.9. The Hall–Kier alpha value is -8.40. The normalized spacial score (nSPS) is 12.8. The number of para-hydroxylation sites is 4. The first-order valence-corrected chi connectivity index (χ1v) is 22.8. The molecule has 10 aromatic carbocycles. The molecule has 0 radical (unpaired) electrons. The summed E-state index contributed by atoms with van der Waals surface area (Å²) in [6, 6.07) is 83.8. The van der Waals surface area contributed by atoms with Crippen LogP contribution in [-0.2, 0) is 5.41 Å². The van der Waals surface area contributed by atoms with E-state index in [4.69, 9.17) is 4.42 Å². The smallest absolute Gasteiger partial charge is 0.135 e. The highest BCUT2D eigenvalue weighted by atomic mass is 16.3. The van der Waals surface area contributed by atoms with Gasteiger partial charge in [-0.2, -0.15) is 0 Å². The molecular formula is C63H44N2O. The molecule has 0 atom stereocenters. The van der Waals surface area contributed by atoms with Gasteiger partial charge in [0.1, 0.15) is 11.2 Å². The Bertz CT molecular complexity index is 3790. The lowest BCUT2D eigenvalue weighted by Gasteiger charge is -2.27. The van der Waals surface area contributed by atoms with Gasteiger partial charge in [-0.15, -0.1) is 0 Å². The molecule has 3 heteroatoms. The summed E-state index contributed by atoms with van der Waals surface area (Å²) in [4.78, 5) is 2.36. The molecule has 66 heavy (non-hydrogen) atoms. The maximum atomic E-state index is 6.29. The highest BCUT2D eigenvalue weighted by Crippen LogP contribution is 2.52. The van der Waals surface area contributed by atoms with Crippen molar-refractivity contribution < 1.29 is 4.42 Å². The molecule has 0 saturated carbocycles. The van der Waals surface area contributed by atoms with Crippen LogP contribution in [0.15, 0.2) is 235 Å². The van der Waals surface area contributed by atoms with E-state index in [1.807, 2.05) is 12.1 Å². The van der Waals surface area contributed by atoms with E-state index in [1.165, 1.54) is 71.9 Å². The number of rotatable bonds is 7. The molecule has 2 heterocycles. The Labute approximate surface area is 384 Å². The van der Waals surface area contributed by atoms with Crippen LogP contribution >= 0.6 is 0 Å². The van der Waals surface area contributed by atoms with Gasteiger partial charge < -0.3 is 13.9 Å². The van der Waals surface area contributed by atoms with Crippen LogP contribution in [0.1, 0.15) is 25.0 Å².